The first kappa shape index (κ1) is 9.95. The number of rotatable bonds is 5. The number of nitrogens with two attached hydrogens (primary N) is 1. The van der Waals surface area contributed by atoms with Crippen LogP contribution in [0.15, 0.2) is 0 Å². The summed E-state index contributed by atoms with van der Waals surface area (Å²) in [4.78, 5) is 10.2. The second-order valence-electron chi connectivity index (χ2n) is 1.93. The molecule has 0 fully saturated rings. The monoisotopic (exact) mass is 211 g/mol. The Morgan fingerprint density at radius 3 is 2.80 bits per heavy atom. The van der Waals surface area contributed by atoms with Gasteiger partial charge < -0.3 is 0 Å². The molecule has 0 heterocycles. The normalized spacial score (nSPS) is 13.0. The van der Waals surface area contributed by atoms with Crippen LogP contribution in [0.2, 0.25) is 10.6 Å². The van der Waals surface area contributed by atoms with Gasteiger partial charge in [0.25, 0.3) is 0 Å². The first-order chi connectivity index (χ1) is 4.68. The summed E-state index contributed by atoms with van der Waals surface area (Å²) in [7, 11) is 0. The van der Waals surface area contributed by atoms with Crippen molar-refractivity contribution in [3.63, 3.8) is 0 Å². The van der Waals surface area contributed by atoms with Crippen LogP contribution in [0.5, 0.6) is 0 Å². The number of carboxylic acid groups (broad SMARTS) is 1. The Kier molecular flexibility index (Phi) is 5.68. The molecule has 0 amide bonds. The van der Waals surface area contributed by atoms with Gasteiger partial charge in [-0.25, -0.2) is 0 Å². The molecule has 0 aromatic heterocycles. The number of hydrogen-bond acceptors (Lipinski definition) is 2. The van der Waals surface area contributed by atoms with Crippen molar-refractivity contribution in [2.75, 3.05) is 0 Å². The maximum absolute atomic E-state index is 10.2. The first-order valence-corrected chi connectivity index (χ1v) is 5.67. The van der Waals surface area contributed by atoms with Crippen molar-refractivity contribution in [1.29, 1.82) is 0 Å². The molecule has 3 N–H and O–H groups in total. The van der Waals surface area contributed by atoms with E-state index in [-0.39, 0.29) is 0 Å². The molecule has 0 radical (unpaired) electrons. The van der Waals surface area contributed by atoms with Crippen molar-refractivity contribution in [3.05, 3.63) is 0 Å². The van der Waals surface area contributed by atoms with Crippen molar-refractivity contribution < 1.29 is 9.90 Å². The summed E-state index contributed by atoms with van der Waals surface area (Å²) in [6, 6.07) is -0.645. The minimum atomic E-state index is -0.882. The topological polar surface area (TPSA) is 63.3 Å². The summed E-state index contributed by atoms with van der Waals surface area (Å²) in [5.41, 5.74) is 5.27. The zero-order valence-electron chi connectivity index (χ0n) is 6.04. The van der Waals surface area contributed by atoms with E-state index in [1.165, 1.54) is 5.32 Å². The molecule has 4 heteroatoms. The van der Waals surface area contributed by atoms with Crippen LogP contribution in [-0.4, -0.2) is 32.1 Å². The Bertz CT molecular complexity index is 108. The van der Waals surface area contributed by atoms with E-state index in [0.717, 1.165) is 5.32 Å². The average molecular weight is 210 g/mol. The summed E-state index contributed by atoms with van der Waals surface area (Å²) >= 11 is 0.590. The van der Waals surface area contributed by atoms with Crippen molar-refractivity contribution in [2.45, 2.75) is 30.0 Å². The quantitative estimate of drug-likeness (QED) is 0.508. The zero-order chi connectivity index (χ0) is 7.98. The predicted molar refractivity (Wildman–Crippen MR) is 41.3 cm³/mol. The van der Waals surface area contributed by atoms with Crippen LogP contribution in [0.3, 0.4) is 0 Å². The van der Waals surface area contributed by atoms with Gasteiger partial charge in [-0.3, -0.25) is 0 Å². The maximum atomic E-state index is 10.2. The van der Waals surface area contributed by atoms with Gasteiger partial charge in [-0.1, -0.05) is 0 Å². The molecular formula is C6H13NO2Se. The van der Waals surface area contributed by atoms with Crippen molar-refractivity contribution in [1.82, 2.24) is 0 Å². The van der Waals surface area contributed by atoms with E-state index in [1.807, 2.05) is 0 Å². The molecule has 0 bridgehead atoms. The number of carboxylic acids is 1. The molecule has 0 aliphatic heterocycles. The Labute approximate surface area is 67.1 Å². The molecule has 0 spiro atoms. The molecule has 60 valence electrons. The van der Waals surface area contributed by atoms with E-state index in [9.17, 15) is 4.79 Å². The number of hydrogen-bond donors (Lipinski definition) is 2. The van der Waals surface area contributed by atoms with Crippen molar-refractivity contribution in [3.8, 4) is 0 Å². The minimum absolute atomic E-state index is 0.590. The van der Waals surface area contributed by atoms with Crippen LogP contribution in [-0.2, 0) is 4.79 Å². The van der Waals surface area contributed by atoms with E-state index in [0.29, 0.717) is 21.4 Å². The summed E-state index contributed by atoms with van der Waals surface area (Å²) in [6.07, 6.45) is 0.628. The molecule has 3 nitrogen and oxygen atoms in total. The van der Waals surface area contributed by atoms with Crippen LogP contribution in [0.25, 0.3) is 0 Å². The molecular weight excluding hydrogens is 197 g/mol. The molecule has 0 saturated carbocycles. The van der Waals surface area contributed by atoms with Gasteiger partial charge in [0.05, 0.1) is 0 Å². The number of aliphatic carboxylic acids is 1. The third-order valence-corrected chi connectivity index (χ3v) is 3.05. The van der Waals surface area contributed by atoms with Gasteiger partial charge in [-0.15, -0.1) is 0 Å². The molecule has 0 aliphatic carbocycles. The molecule has 0 aliphatic rings. The van der Waals surface area contributed by atoms with E-state index in [2.05, 4.69) is 6.92 Å². The van der Waals surface area contributed by atoms with Crippen LogP contribution in [0.4, 0.5) is 0 Å². The van der Waals surface area contributed by atoms with Crippen LogP contribution < -0.4 is 5.73 Å². The third-order valence-electron chi connectivity index (χ3n) is 1.09. The van der Waals surface area contributed by atoms with E-state index < -0.39 is 12.0 Å². The standard InChI is InChI=1S/C6H13NO2Se/c1-2-10-4-3-5(7)6(8)9/h5H,2-4,7H2,1H3,(H,8,9)/t5-/m0/s1. The Balaban J connectivity index is 3.21. The van der Waals surface area contributed by atoms with Crippen molar-refractivity contribution in [2.24, 2.45) is 5.73 Å². The predicted octanol–water partition coefficient (Wildman–Crippen LogP) is 0.349. The fraction of sp³-hybridized carbons (Fsp3) is 0.833. The summed E-state index contributed by atoms with van der Waals surface area (Å²) in [6.45, 7) is 2.10. The number of carbonyl (C=O) groups is 1. The zero-order valence-corrected chi connectivity index (χ0v) is 7.75. The molecule has 0 aromatic carbocycles. The van der Waals surface area contributed by atoms with E-state index >= 15 is 0 Å². The summed E-state index contributed by atoms with van der Waals surface area (Å²) < 4.78 is 0. The van der Waals surface area contributed by atoms with Crippen molar-refractivity contribution >= 4 is 20.9 Å². The van der Waals surface area contributed by atoms with E-state index in [4.69, 9.17) is 10.8 Å². The van der Waals surface area contributed by atoms with Crippen LogP contribution in [0.1, 0.15) is 13.3 Å². The van der Waals surface area contributed by atoms with Gasteiger partial charge in [0, 0.05) is 0 Å². The SMILES string of the molecule is CC[Se]CC[C@H](N)C(=O)O. The van der Waals surface area contributed by atoms with Gasteiger partial charge in [0.2, 0.25) is 0 Å². The van der Waals surface area contributed by atoms with Gasteiger partial charge in [-0.2, -0.15) is 0 Å². The van der Waals surface area contributed by atoms with Gasteiger partial charge in [0.1, 0.15) is 0 Å². The van der Waals surface area contributed by atoms with Crippen LogP contribution >= 0.6 is 0 Å². The van der Waals surface area contributed by atoms with Gasteiger partial charge in [0.15, 0.2) is 0 Å². The van der Waals surface area contributed by atoms with E-state index in [1.54, 1.807) is 0 Å². The molecule has 10 heavy (non-hydrogen) atoms. The Hall–Kier alpha value is -0.0505. The van der Waals surface area contributed by atoms with Gasteiger partial charge >= 0.3 is 66.6 Å². The summed E-state index contributed by atoms with van der Waals surface area (Å²) in [5, 5.41) is 10.5. The molecule has 0 aromatic rings. The second-order valence-corrected chi connectivity index (χ2v) is 4.85. The van der Waals surface area contributed by atoms with Crippen LogP contribution in [0, 0.1) is 0 Å². The fourth-order valence-corrected chi connectivity index (χ4v) is 1.97. The first-order valence-electron chi connectivity index (χ1n) is 3.24. The average Bonchev–Trinajstić information content (AvgIpc) is 1.88. The fourth-order valence-electron chi connectivity index (χ4n) is 0.478. The second kappa shape index (κ2) is 5.71. The molecule has 0 unspecified atom stereocenters. The third kappa shape index (κ3) is 4.79. The molecule has 1 atom stereocenters. The molecule has 0 saturated heterocycles. The summed E-state index contributed by atoms with van der Waals surface area (Å²) in [5.74, 6) is -0.882. The molecule has 0 rings (SSSR count). The Morgan fingerprint density at radius 2 is 2.40 bits per heavy atom. The Morgan fingerprint density at radius 1 is 1.80 bits per heavy atom. The van der Waals surface area contributed by atoms with Gasteiger partial charge in [-0.05, 0) is 0 Å².